The zero-order valence-corrected chi connectivity index (χ0v) is 13.6. The number of fused-ring (bicyclic) bond motifs is 1. The van der Waals surface area contributed by atoms with Crippen LogP contribution in [0.3, 0.4) is 0 Å². The molecule has 0 saturated carbocycles. The van der Waals surface area contributed by atoms with Crippen molar-refractivity contribution in [1.82, 2.24) is 4.90 Å². The third-order valence-corrected chi connectivity index (χ3v) is 5.63. The predicted molar refractivity (Wildman–Crippen MR) is 89.3 cm³/mol. The second-order valence-electron chi connectivity index (χ2n) is 5.73. The van der Waals surface area contributed by atoms with Gasteiger partial charge in [-0.15, -0.1) is 0 Å². The Bertz CT molecular complexity index is 802. The van der Waals surface area contributed by atoms with Gasteiger partial charge < -0.3 is 9.64 Å². The minimum absolute atomic E-state index is 0.173. The zero-order chi connectivity index (χ0) is 16.3. The molecule has 1 aliphatic heterocycles. The number of hydrogen-bond acceptors (Lipinski definition) is 5. The third-order valence-electron chi connectivity index (χ3n) is 4.02. The lowest BCUT2D eigenvalue weighted by Gasteiger charge is -2.25. The Labute approximate surface area is 135 Å². The highest BCUT2D eigenvalue weighted by Crippen LogP contribution is 2.20. The van der Waals surface area contributed by atoms with Gasteiger partial charge in [-0.25, -0.2) is 8.42 Å². The molecule has 5 nitrogen and oxygen atoms in total. The van der Waals surface area contributed by atoms with E-state index < -0.39 is 9.84 Å². The quantitative estimate of drug-likeness (QED) is 0.631. The van der Waals surface area contributed by atoms with Gasteiger partial charge in [-0.3, -0.25) is 4.79 Å². The standard InChI is InChI=1S/C17H19NO4S/c19-17(7-8-18-9-11-23(20,21)12-10-18)22-16-6-5-14-3-1-2-4-15(14)13-16/h1-6,13H,7-12H2. The second kappa shape index (κ2) is 6.68. The summed E-state index contributed by atoms with van der Waals surface area (Å²) < 4.78 is 28.1. The highest BCUT2D eigenvalue weighted by Gasteiger charge is 2.21. The van der Waals surface area contributed by atoms with E-state index in [0.29, 0.717) is 25.4 Å². The van der Waals surface area contributed by atoms with Gasteiger partial charge in [-0.05, 0) is 22.9 Å². The Morgan fingerprint density at radius 2 is 1.74 bits per heavy atom. The van der Waals surface area contributed by atoms with E-state index in [4.69, 9.17) is 4.74 Å². The molecular formula is C17H19NO4S. The molecule has 122 valence electrons. The lowest BCUT2D eigenvalue weighted by molar-refractivity contribution is -0.134. The van der Waals surface area contributed by atoms with Gasteiger partial charge in [0.2, 0.25) is 0 Å². The number of hydrogen-bond donors (Lipinski definition) is 0. The molecule has 2 aromatic rings. The number of esters is 1. The molecule has 0 bridgehead atoms. The van der Waals surface area contributed by atoms with Crippen LogP contribution in [-0.4, -0.2) is 50.4 Å². The van der Waals surface area contributed by atoms with Crippen molar-refractivity contribution in [1.29, 1.82) is 0 Å². The average Bonchev–Trinajstić information content (AvgIpc) is 2.54. The summed E-state index contributed by atoms with van der Waals surface area (Å²) in [7, 11) is -2.88. The minimum Gasteiger partial charge on any atom is -0.426 e. The highest BCUT2D eigenvalue weighted by molar-refractivity contribution is 7.91. The Hall–Kier alpha value is -1.92. The first-order valence-electron chi connectivity index (χ1n) is 7.64. The van der Waals surface area contributed by atoms with Crippen molar-refractivity contribution in [2.75, 3.05) is 31.1 Å². The van der Waals surface area contributed by atoms with Crippen LogP contribution >= 0.6 is 0 Å². The van der Waals surface area contributed by atoms with Gasteiger partial charge in [0.15, 0.2) is 9.84 Å². The molecule has 0 atom stereocenters. The maximum Gasteiger partial charge on any atom is 0.312 e. The summed E-state index contributed by atoms with van der Waals surface area (Å²) in [6, 6.07) is 13.4. The van der Waals surface area contributed by atoms with Gasteiger partial charge in [0.1, 0.15) is 5.75 Å². The molecule has 1 aliphatic rings. The number of sulfone groups is 1. The number of rotatable bonds is 4. The van der Waals surface area contributed by atoms with Gasteiger partial charge in [0, 0.05) is 19.6 Å². The molecule has 0 radical (unpaired) electrons. The summed E-state index contributed by atoms with van der Waals surface area (Å²) in [5.41, 5.74) is 0. The van der Waals surface area contributed by atoms with E-state index in [-0.39, 0.29) is 23.9 Å². The molecule has 2 aromatic carbocycles. The Morgan fingerprint density at radius 3 is 2.48 bits per heavy atom. The molecule has 1 heterocycles. The normalized spacial score (nSPS) is 17.9. The topological polar surface area (TPSA) is 63.7 Å². The van der Waals surface area contributed by atoms with Crippen LogP contribution in [0.1, 0.15) is 6.42 Å². The molecule has 0 amide bonds. The van der Waals surface area contributed by atoms with Crippen LogP contribution in [-0.2, 0) is 14.6 Å². The van der Waals surface area contributed by atoms with E-state index in [2.05, 4.69) is 0 Å². The number of benzene rings is 2. The number of carbonyl (C=O) groups excluding carboxylic acids is 1. The summed E-state index contributed by atoms with van der Waals surface area (Å²) in [5, 5.41) is 2.13. The Balaban J connectivity index is 1.52. The van der Waals surface area contributed by atoms with E-state index in [1.54, 1.807) is 6.07 Å². The molecule has 0 N–H and O–H groups in total. The van der Waals surface area contributed by atoms with Crippen LogP contribution in [0, 0.1) is 0 Å². The first-order chi connectivity index (χ1) is 11.0. The van der Waals surface area contributed by atoms with Crippen LogP contribution < -0.4 is 4.74 Å². The molecule has 0 spiro atoms. The van der Waals surface area contributed by atoms with Gasteiger partial charge in [-0.2, -0.15) is 0 Å². The van der Waals surface area contributed by atoms with Gasteiger partial charge >= 0.3 is 5.97 Å². The molecule has 6 heteroatoms. The fraction of sp³-hybridized carbons (Fsp3) is 0.353. The molecule has 23 heavy (non-hydrogen) atoms. The van der Waals surface area contributed by atoms with Crippen LogP contribution in [0.15, 0.2) is 42.5 Å². The Kier molecular flexibility index (Phi) is 4.63. The highest BCUT2D eigenvalue weighted by atomic mass is 32.2. The van der Waals surface area contributed by atoms with Crippen LogP contribution in [0.4, 0.5) is 0 Å². The maximum absolute atomic E-state index is 12.0. The van der Waals surface area contributed by atoms with E-state index in [9.17, 15) is 13.2 Å². The number of nitrogens with zero attached hydrogens (tertiary/aromatic N) is 1. The molecule has 0 aromatic heterocycles. The van der Waals surface area contributed by atoms with E-state index in [1.807, 2.05) is 41.3 Å². The van der Waals surface area contributed by atoms with Gasteiger partial charge in [0.25, 0.3) is 0 Å². The molecule has 1 fully saturated rings. The van der Waals surface area contributed by atoms with Crippen molar-refractivity contribution in [3.8, 4) is 5.75 Å². The minimum atomic E-state index is -2.88. The molecule has 0 unspecified atom stereocenters. The maximum atomic E-state index is 12.0. The van der Waals surface area contributed by atoms with Crippen molar-refractivity contribution in [2.24, 2.45) is 0 Å². The van der Waals surface area contributed by atoms with Gasteiger partial charge in [0.05, 0.1) is 17.9 Å². The van der Waals surface area contributed by atoms with Crippen LogP contribution in [0.2, 0.25) is 0 Å². The molecule has 1 saturated heterocycles. The van der Waals surface area contributed by atoms with Crippen molar-refractivity contribution in [3.63, 3.8) is 0 Å². The first kappa shape index (κ1) is 16.0. The monoisotopic (exact) mass is 333 g/mol. The average molecular weight is 333 g/mol. The summed E-state index contributed by atoms with van der Waals surface area (Å²) in [4.78, 5) is 13.9. The summed E-state index contributed by atoms with van der Waals surface area (Å²) in [5.74, 6) is 0.586. The lowest BCUT2D eigenvalue weighted by atomic mass is 10.1. The van der Waals surface area contributed by atoms with E-state index in [1.165, 1.54) is 0 Å². The summed E-state index contributed by atoms with van der Waals surface area (Å²) in [6.45, 7) is 1.51. The first-order valence-corrected chi connectivity index (χ1v) is 9.46. The fourth-order valence-corrected chi connectivity index (χ4v) is 3.91. The number of ether oxygens (including phenoxy) is 1. The Morgan fingerprint density at radius 1 is 1.04 bits per heavy atom. The van der Waals surface area contributed by atoms with E-state index >= 15 is 0 Å². The molecular weight excluding hydrogens is 314 g/mol. The SMILES string of the molecule is O=C(CCN1CCS(=O)(=O)CC1)Oc1ccc2ccccc2c1. The molecule has 3 rings (SSSR count). The van der Waals surface area contributed by atoms with E-state index in [0.717, 1.165) is 10.8 Å². The van der Waals surface area contributed by atoms with Crippen LogP contribution in [0.5, 0.6) is 5.75 Å². The largest absolute Gasteiger partial charge is 0.426 e. The number of carbonyl (C=O) groups is 1. The summed E-state index contributed by atoms with van der Waals surface area (Å²) >= 11 is 0. The van der Waals surface area contributed by atoms with Crippen LogP contribution in [0.25, 0.3) is 10.8 Å². The van der Waals surface area contributed by atoms with Crippen molar-refractivity contribution >= 4 is 26.6 Å². The zero-order valence-electron chi connectivity index (χ0n) is 12.8. The third kappa shape index (κ3) is 4.30. The fourth-order valence-electron chi connectivity index (χ4n) is 2.64. The van der Waals surface area contributed by atoms with Crippen molar-refractivity contribution in [2.45, 2.75) is 6.42 Å². The van der Waals surface area contributed by atoms with Crippen molar-refractivity contribution in [3.05, 3.63) is 42.5 Å². The summed E-state index contributed by atoms with van der Waals surface area (Å²) in [6.07, 6.45) is 0.257. The van der Waals surface area contributed by atoms with Crippen molar-refractivity contribution < 1.29 is 17.9 Å². The van der Waals surface area contributed by atoms with Gasteiger partial charge in [-0.1, -0.05) is 30.3 Å². The predicted octanol–water partition coefficient (Wildman–Crippen LogP) is 1.87. The lowest BCUT2D eigenvalue weighted by Crippen LogP contribution is -2.41. The second-order valence-corrected chi connectivity index (χ2v) is 8.03. The smallest absolute Gasteiger partial charge is 0.312 e. The molecule has 0 aliphatic carbocycles.